The van der Waals surface area contributed by atoms with Crippen molar-refractivity contribution >= 4 is 11.3 Å². The molecule has 0 radical (unpaired) electrons. The molecule has 0 saturated carbocycles. The molecule has 1 aromatic heterocycles. The van der Waals surface area contributed by atoms with E-state index in [1.54, 1.807) is 11.3 Å². The van der Waals surface area contributed by atoms with Gasteiger partial charge in [-0.05, 0) is 18.4 Å². The molecule has 78 valence electrons. The molecule has 0 spiro atoms. The van der Waals surface area contributed by atoms with Gasteiger partial charge in [-0.25, -0.2) is 0 Å². The first kappa shape index (κ1) is 11.4. The maximum atomic E-state index is 5.78. The predicted octanol–water partition coefficient (Wildman–Crippen LogP) is 2.08. The van der Waals surface area contributed by atoms with Gasteiger partial charge in [0.25, 0.3) is 0 Å². The Morgan fingerprint density at radius 1 is 1.71 bits per heavy atom. The molecule has 0 saturated heterocycles. The molecule has 1 heterocycles. The maximum absolute atomic E-state index is 5.78. The molecule has 1 atom stereocenters. The van der Waals surface area contributed by atoms with Crippen LogP contribution in [0.4, 0.5) is 0 Å². The summed E-state index contributed by atoms with van der Waals surface area (Å²) in [5.41, 5.74) is 5.78. The van der Waals surface area contributed by atoms with Crippen molar-refractivity contribution in [1.82, 2.24) is 4.90 Å². The van der Waals surface area contributed by atoms with Gasteiger partial charge in [0.1, 0.15) is 0 Å². The number of rotatable bonds is 6. The van der Waals surface area contributed by atoms with E-state index in [2.05, 4.69) is 29.0 Å². The van der Waals surface area contributed by atoms with Crippen LogP contribution in [0, 0.1) is 0 Å². The fourth-order valence-electron chi connectivity index (χ4n) is 1.42. The van der Waals surface area contributed by atoms with E-state index in [1.165, 1.54) is 4.88 Å². The van der Waals surface area contributed by atoms with Gasteiger partial charge in [-0.1, -0.05) is 12.1 Å². The van der Waals surface area contributed by atoms with Gasteiger partial charge in [-0.3, -0.25) is 4.90 Å². The van der Waals surface area contributed by atoms with Crippen LogP contribution < -0.4 is 5.73 Å². The molecular formula is C11H18N2S. The monoisotopic (exact) mass is 210 g/mol. The molecular weight excluding hydrogens is 192 g/mol. The minimum Gasteiger partial charge on any atom is -0.327 e. The van der Waals surface area contributed by atoms with Crippen LogP contribution in [0.25, 0.3) is 0 Å². The molecule has 2 N–H and O–H groups in total. The Bertz CT molecular complexity index is 254. The molecule has 0 fully saturated rings. The number of thiophene rings is 1. The second-order valence-corrected chi connectivity index (χ2v) is 4.57. The molecule has 1 rings (SSSR count). The number of hydrogen-bond donors (Lipinski definition) is 1. The van der Waals surface area contributed by atoms with Crippen molar-refractivity contribution in [2.45, 2.75) is 19.5 Å². The zero-order valence-electron chi connectivity index (χ0n) is 8.65. The summed E-state index contributed by atoms with van der Waals surface area (Å²) < 4.78 is 0. The van der Waals surface area contributed by atoms with Gasteiger partial charge in [0.05, 0.1) is 0 Å². The fraction of sp³-hybridized carbons (Fsp3) is 0.455. The van der Waals surface area contributed by atoms with Crippen LogP contribution in [0.2, 0.25) is 0 Å². The highest BCUT2D eigenvalue weighted by Gasteiger charge is 2.06. The summed E-state index contributed by atoms with van der Waals surface area (Å²) in [6, 6.07) is 4.45. The van der Waals surface area contributed by atoms with Crippen LogP contribution in [0.3, 0.4) is 0 Å². The van der Waals surface area contributed by atoms with Crippen molar-refractivity contribution in [3.8, 4) is 0 Å². The predicted molar refractivity (Wildman–Crippen MR) is 63.4 cm³/mol. The summed E-state index contributed by atoms with van der Waals surface area (Å²) in [5, 5.41) is 2.10. The Balaban J connectivity index is 2.46. The van der Waals surface area contributed by atoms with Gasteiger partial charge >= 0.3 is 0 Å². The van der Waals surface area contributed by atoms with Gasteiger partial charge in [0.15, 0.2) is 0 Å². The molecule has 0 aliphatic carbocycles. The Hall–Kier alpha value is -0.640. The van der Waals surface area contributed by atoms with Crippen molar-refractivity contribution < 1.29 is 0 Å². The molecule has 0 aliphatic rings. The summed E-state index contributed by atoms with van der Waals surface area (Å²) >= 11 is 1.79. The number of nitrogens with two attached hydrogens (primary N) is 1. The Kier molecular flexibility index (Phi) is 4.87. The van der Waals surface area contributed by atoms with Gasteiger partial charge in [0, 0.05) is 30.6 Å². The van der Waals surface area contributed by atoms with Crippen LogP contribution in [-0.2, 0) is 6.54 Å². The lowest BCUT2D eigenvalue weighted by Crippen LogP contribution is -2.35. The lowest BCUT2D eigenvalue weighted by atomic mass is 10.3. The van der Waals surface area contributed by atoms with Crippen molar-refractivity contribution in [2.24, 2.45) is 5.73 Å². The van der Waals surface area contributed by atoms with E-state index in [0.29, 0.717) is 0 Å². The van der Waals surface area contributed by atoms with Crippen LogP contribution >= 0.6 is 11.3 Å². The van der Waals surface area contributed by atoms with Gasteiger partial charge in [-0.15, -0.1) is 17.9 Å². The van der Waals surface area contributed by atoms with Crippen LogP contribution in [0.15, 0.2) is 30.2 Å². The summed E-state index contributed by atoms with van der Waals surface area (Å²) in [6.45, 7) is 8.59. The third-order valence-corrected chi connectivity index (χ3v) is 2.75. The van der Waals surface area contributed by atoms with Crippen LogP contribution in [0.1, 0.15) is 11.8 Å². The highest BCUT2D eigenvalue weighted by Crippen LogP contribution is 2.11. The first-order valence-electron chi connectivity index (χ1n) is 4.83. The summed E-state index contributed by atoms with van der Waals surface area (Å²) in [6.07, 6.45) is 1.93. The minimum atomic E-state index is 0.218. The van der Waals surface area contributed by atoms with E-state index >= 15 is 0 Å². The second-order valence-electron chi connectivity index (χ2n) is 3.54. The third-order valence-electron chi connectivity index (χ3n) is 1.89. The van der Waals surface area contributed by atoms with E-state index < -0.39 is 0 Å². The molecule has 0 bridgehead atoms. The van der Waals surface area contributed by atoms with Crippen LogP contribution in [0.5, 0.6) is 0 Å². The first-order valence-corrected chi connectivity index (χ1v) is 5.71. The lowest BCUT2D eigenvalue weighted by Gasteiger charge is -2.21. The first-order chi connectivity index (χ1) is 6.72. The molecule has 1 aromatic rings. The van der Waals surface area contributed by atoms with E-state index in [0.717, 1.165) is 19.6 Å². The highest BCUT2D eigenvalue weighted by molar-refractivity contribution is 7.09. The van der Waals surface area contributed by atoms with Gasteiger partial charge in [-0.2, -0.15) is 0 Å². The SMILES string of the molecule is C=CCN(Cc1cccs1)CC(C)N. The Labute approximate surface area is 90.0 Å². The third kappa shape index (κ3) is 4.05. The highest BCUT2D eigenvalue weighted by atomic mass is 32.1. The number of nitrogens with zero attached hydrogens (tertiary/aromatic N) is 1. The standard InChI is InChI=1S/C11H18N2S/c1-3-6-13(8-10(2)12)9-11-5-4-7-14-11/h3-5,7,10H,1,6,8-9,12H2,2H3. The lowest BCUT2D eigenvalue weighted by molar-refractivity contribution is 0.282. The molecule has 0 aromatic carbocycles. The number of hydrogen-bond acceptors (Lipinski definition) is 3. The van der Waals surface area contributed by atoms with Crippen molar-refractivity contribution in [1.29, 1.82) is 0 Å². The smallest absolute Gasteiger partial charge is 0.0331 e. The molecule has 0 aliphatic heterocycles. The zero-order valence-corrected chi connectivity index (χ0v) is 9.46. The molecule has 2 nitrogen and oxygen atoms in total. The normalized spacial score (nSPS) is 13.1. The van der Waals surface area contributed by atoms with E-state index in [4.69, 9.17) is 5.73 Å². The second kappa shape index (κ2) is 5.96. The molecule has 3 heteroatoms. The minimum absolute atomic E-state index is 0.218. The summed E-state index contributed by atoms with van der Waals surface area (Å²) in [4.78, 5) is 3.69. The molecule has 14 heavy (non-hydrogen) atoms. The fourth-order valence-corrected chi connectivity index (χ4v) is 2.16. The zero-order chi connectivity index (χ0) is 10.4. The average molecular weight is 210 g/mol. The van der Waals surface area contributed by atoms with E-state index in [-0.39, 0.29) is 6.04 Å². The Morgan fingerprint density at radius 3 is 3.00 bits per heavy atom. The molecule has 1 unspecified atom stereocenters. The van der Waals surface area contributed by atoms with Gasteiger partial charge < -0.3 is 5.73 Å². The van der Waals surface area contributed by atoms with Crippen molar-refractivity contribution in [3.63, 3.8) is 0 Å². The Morgan fingerprint density at radius 2 is 2.50 bits per heavy atom. The average Bonchev–Trinajstić information content (AvgIpc) is 2.56. The summed E-state index contributed by atoms with van der Waals surface area (Å²) in [5.74, 6) is 0. The largest absolute Gasteiger partial charge is 0.327 e. The molecule has 0 amide bonds. The summed E-state index contributed by atoms with van der Waals surface area (Å²) in [7, 11) is 0. The van der Waals surface area contributed by atoms with E-state index in [1.807, 2.05) is 13.0 Å². The van der Waals surface area contributed by atoms with Crippen molar-refractivity contribution in [3.05, 3.63) is 35.0 Å². The van der Waals surface area contributed by atoms with Crippen molar-refractivity contribution in [2.75, 3.05) is 13.1 Å². The maximum Gasteiger partial charge on any atom is 0.0331 e. The topological polar surface area (TPSA) is 29.3 Å². The van der Waals surface area contributed by atoms with Gasteiger partial charge in [0.2, 0.25) is 0 Å². The quantitative estimate of drug-likeness (QED) is 0.728. The van der Waals surface area contributed by atoms with E-state index in [9.17, 15) is 0 Å². The van der Waals surface area contributed by atoms with Crippen LogP contribution in [-0.4, -0.2) is 24.0 Å².